The van der Waals surface area contributed by atoms with E-state index in [2.05, 4.69) is 44.8 Å². The molecule has 0 spiro atoms. The summed E-state index contributed by atoms with van der Waals surface area (Å²) < 4.78 is 5.87. The minimum atomic E-state index is 0.0838. The van der Waals surface area contributed by atoms with Crippen LogP contribution >= 0.6 is 0 Å². The highest BCUT2D eigenvalue weighted by atomic mass is 16.5. The van der Waals surface area contributed by atoms with Crippen molar-refractivity contribution in [2.24, 2.45) is 17.3 Å². The lowest BCUT2D eigenvalue weighted by atomic mass is 9.90. The maximum absolute atomic E-state index is 12.3. The van der Waals surface area contributed by atoms with Gasteiger partial charge in [-0.2, -0.15) is 0 Å². The Morgan fingerprint density at radius 1 is 1.22 bits per heavy atom. The maximum atomic E-state index is 12.3. The molecule has 0 aromatic carbocycles. The Hall–Kier alpha value is -0.610. The van der Waals surface area contributed by atoms with Crippen molar-refractivity contribution >= 4 is 5.91 Å². The van der Waals surface area contributed by atoms with Gasteiger partial charge < -0.3 is 15.0 Å². The van der Waals surface area contributed by atoms with E-state index in [-0.39, 0.29) is 5.41 Å². The number of amides is 1. The number of hydrogen-bond donors (Lipinski definition) is 1. The van der Waals surface area contributed by atoms with Crippen molar-refractivity contribution in [3.8, 4) is 0 Å². The molecule has 2 aliphatic heterocycles. The normalized spacial score (nSPS) is 27.0. The summed E-state index contributed by atoms with van der Waals surface area (Å²) in [5.41, 5.74) is 0.0838. The van der Waals surface area contributed by atoms with E-state index in [0.29, 0.717) is 36.3 Å². The van der Waals surface area contributed by atoms with Gasteiger partial charge in [0.25, 0.3) is 0 Å². The lowest BCUT2D eigenvalue weighted by Crippen LogP contribution is -2.47. The number of nitrogens with one attached hydrogen (secondary N) is 1. The second-order valence-corrected chi connectivity index (χ2v) is 8.93. The second kappa shape index (κ2) is 7.98. The molecule has 2 aliphatic rings. The van der Waals surface area contributed by atoms with Gasteiger partial charge in [-0.1, -0.05) is 34.6 Å². The van der Waals surface area contributed by atoms with Crippen LogP contribution in [0.5, 0.6) is 0 Å². The van der Waals surface area contributed by atoms with Crippen molar-refractivity contribution in [2.75, 3.05) is 26.2 Å². The average molecular weight is 325 g/mol. The summed E-state index contributed by atoms with van der Waals surface area (Å²) in [6.07, 6.45) is 4.40. The molecule has 2 saturated heterocycles. The molecule has 2 heterocycles. The molecule has 2 fully saturated rings. The largest absolute Gasteiger partial charge is 0.378 e. The lowest BCUT2D eigenvalue weighted by molar-refractivity contribution is -0.134. The third kappa shape index (κ3) is 5.75. The summed E-state index contributed by atoms with van der Waals surface area (Å²) >= 11 is 0. The molecule has 134 valence electrons. The maximum Gasteiger partial charge on any atom is 0.223 e. The first-order chi connectivity index (χ1) is 10.8. The number of likely N-dealkylation sites (tertiary alicyclic amines) is 1. The van der Waals surface area contributed by atoms with Gasteiger partial charge in [0.1, 0.15) is 0 Å². The molecule has 2 atom stereocenters. The Balaban J connectivity index is 1.70. The molecule has 2 rings (SSSR count). The molecule has 0 bridgehead atoms. The molecule has 0 aromatic rings. The summed E-state index contributed by atoms with van der Waals surface area (Å²) in [5.74, 6) is 1.57. The van der Waals surface area contributed by atoms with E-state index in [1.807, 2.05) is 0 Å². The topological polar surface area (TPSA) is 41.6 Å². The fourth-order valence-corrected chi connectivity index (χ4v) is 3.83. The Labute approximate surface area is 142 Å². The fraction of sp³-hybridized carbons (Fsp3) is 0.947. The number of nitrogens with zero attached hydrogens (tertiary/aromatic N) is 1. The SMILES string of the molecule is CC(C)[C@H]1OCC[C@@H]1CNC1CCN(C(=O)CC(C)(C)C)CC1. The molecule has 0 radical (unpaired) electrons. The second-order valence-electron chi connectivity index (χ2n) is 8.93. The van der Waals surface area contributed by atoms with Gasteiger partial charge >= 0.3 is 0 Å². The standard InChI is InChI=1S/C19H36N2O2/c1-14(2)18-15(8-11-23-18)13-20-16-6-9-21(10-7-16)17(22)12-19(3,4)5/h14-16,18,20H,6-13H2,1-5H3/t15-,18-/m1/s1. The first kappa shape index (κ1) is 18.7. The molecule has 0 saturated carbocycles. The Bertz CT molecular complexity index is 381. The predicted molar refractivity (Wildman–Crippen MR) is 94.4 cm³/mol. The predicted octanol–water partition coefficient (Wildman–Crippen LogP) is 3.06. The lowest BCUT2D eigenvalue weighted by Gasteiger charge is -2.35. The summed E-state index contributed by atoms with van der Waals surface area (Å²) in [6, 6.07) is 0.557. The van der Waals surface area contributed by atoms with Gasteiger partial charge in [-0.25, -0.2) is 0 Å². The minimum absolute atomic E-state index is 0.0838. The van der Waals surface area contributed by atoms with Crippen LogP contribution in [0.3, 0.4) is 0 Å². The number of carbonyl (C=O) groups is 1. The van der Waals surface area contributed by atoms with Crippen LogP contribution in [0.2, 0.25) is 0 Å². The molecule has 1 N–H and O–H groups in total. The Morgan fingerprint density at radius 2 is 1.87 bits per heavy atom. The summed E-state index contributed by atoms with van der Waals surface area (Å²) in [7, 11) is 0. The van der Waals surface area contributed by atoms with E-state index in [1.165, 1.54) is 6.42 Å². The first-order valence-corrected chi connectivity index (χ1v) is 9.39. The van der Waals surface area contributed by atoms with E-state index >= 15 is 0 Å². The first-order valence-electron chi connectivity index (χ1n) is 9.39. The van der Waals surface area contributed by atoms with Crippen LogP contribution in [0.4, 0.5) is 0 Å². The molecular weight excluding hydrogens is 288 g/mol. The number of hydrogen-bond acceptors (Lipinski definition) is 3. The van der Waals surface area contributed by atoms with E-state index < -0.39 is 0 Å². The van der Waals surface area contributed by atoms with Crippen LogP contribution < -0.4 is 5.32 Å². The van der Waals surface area contributed by atoms with Crippen molar-refractivity contribution in [1.29, 1.82) is 0 Å². The van der Waals surface area contributed by atoms with Crippen molar-refractivity contribution in [3.05, 3.63) is 0 Å². The third-order valence-corrected chi connectivity index (χ3v) is 5.12. The van der Waals surface area contributed by atoms with Crippen LogP contribution in [-0.2, 0) is 9.53 Å². The van der Waals surface area contributed by atoms with Crippen LogP contribution in [0.1, 0.15) is 60.3 Å². The number of piperidine rings is 1. The van der Waals surface area contributed by atoms with Crippen molar-refractivity contribution in [2.45, 2.75) is 72.4 Å². The van der Waals surface area contributed by atoms with E-state index in [0.717, 1.165) is 39.1 Å². The molecular formula is C19H36N2O2. The fourth-order valence-electron chi connectivity index (χ4n) is 3.83. The molecule has 0 unspecified atom stereocenters. The quantitative estimate of drug-likeness (QED) is 0.845. The zero-order valence-corrected chi connectivity index (χ0v) is 15.7. The van der Waals surface area contributed by atoms with Crippen LogP contribution in [0.15, 0.2) is 0 Å². The van der Waals surface area contributed by atoms with Gasteiger partial charge in [-0.05, 0) is 36.5 Å². The summed E-state index contributed by atoms with van der Waals surface area (Å²) in [4.78, 5) is 14.3. The van der Waals surface area contributed by atoms with E-state index in [9.17, 15) is 4.79 Å². The molecule has 1 amide bonds. The zero-order chi connectivity index (χ0) is 17.0. The summed E-state index contributed by atoms with van der Waals surface area (Å²) in [5, 5.41) is 3.74. The molecule has 0 aliphatic carbocycles. The van der Waals surface area contributed by atoms with E-state index in [1.54, 1.807) is 0 Å². The smallest absolute Gasteiger partial charge is 0.223 e. The number of ether oxygens (including phenoxy) is 1. The van der Waals surface area contributed by atoms with Crippen LogP contribution in [0, 0.1) is 17.3 Å². The Kier molecular flexibility index (Phi) is 6.49. The highest BCUT2D eigenvalue weighted by Gasteiger charge is 2.31. The van der Waals surface area contributed by atoms with Gasteiger partial charge in [0, 0.05) is 38.7 Å². The molecule has 23 heavy (non-hydrogen) atoms. The van der Waals surface area contributed by atoms with Crippen LogP contribution in [-0.4, -0.2) is 49.2 Å². The average Bonchev–Trinajstić information content (AvgIpc) is 2.92. The van der Waals surface area contributed by atoms with Crippen molar-refractivity contribution < 1.29 is 9.53 Å². The van der Waals surface area contributed by atoms with E-state index in [4.69, 9.17) is 4.74 Å². The van der Waals surface area contributed by atoms with Crippen molar-refractivity contribution in [1.82, 2.24) is 10.2 Å². The molecule has 4 heteroatoms. The number of carbonyl (C=O) groups excluding carboxylic acids is 1. The van der Waals surface area contributed by atoms with Gasteiger partial charge in [0.15, 0.2) is 0 Å². The summed E-state index contributed by atoms with van der Waals surface area (Å²) in [6.45, 7) is 14.7. The zero-order valence-electron chi connectivity index (χ0n) is 15.7. The minimum Gasteiger partial charge on any atom is -0.378 e. The van der Waals surface area contributed by atoms with Crippen LogP contribution in [0.25, 0.3) is 0 Å². The van der Waals surface area contributed by atoms with Gasteiger partial charge in [-0.15, -0.1) is 0 Å². The molecule has 4 nitrogen and oxygen atoms in total. The van der Waals surface area contributed by atoms with Crippen molar-refractivity contribution in [3.63, 3.8) is 0 Å². The number of rotatable bonds is 5. The van der Waals surface area contributed by atoms with Gasteiger partial charge in [-0.3, -0.25) is 4.79 Å². The highest BCUT2D eigenvalue weighted by Crippen LogP contribution is 2.27. The van der Waals surface area contributed by atoms with Gasteiger partial charge in [0.2, 0.25) is 5.91 Å². The third-order valence-electron chi connectivity index (χ3n) is 5.12. The van der Waals surface area contributed by atoms with Gasteiger partial charge in [0.05, 0.1) is 6.10 Å². The highest BCUT2D eigenvalue weighted by molar-refractivity contribution is 5.76. The molecule has 0 aromatic heterocycles. The Morgan fingerprint density at radius 3 is 2.43 bits per heavy atom. The monoisotopic (exact) mass is 324 g/mol.